The molecular weight excluding hydrogens is 200 g/mol. The number of hydrogen-bond acceptors (Lipinski definition) is 4. The maximum atomic E-state index is 11.0. The average Bonchev–Trinajstić information content (AvgIpc) is 2.12. The minimum absolute atomic E-state index is 0.0491. The Morgan fingerprint density at radius 3 is 2.47 bits per heavy atom. The van der Waals surface area contributed by atoms with Gasteiger partial charge in [0.2, 0.25) is 11.8 Å². The maximum Gasteiger partial charge on any atom is 0.303 e. The van der Waals surface area contributed by atoms with Crippen LogP contribution in [0.3, 0.4) is 0 Å². The summed E-state index contributed by atoms with van der Waals surface area (Å²) in [5, 5.41) is 10.7. The number of amides is 2. The quantitative estimate of drug-likeness (QED) is 0.598. The molecule has 0 aromatic carbocycles. The molecule has 6 nitrogen and oxygen atoms in total. The predicted octanol–water partition coefficient (Wildman–Crippen LogP) is -0.802. The summed E-state index contributed by atoms with van der Waals surface area (Å²) in [7, 11) is 0. The van der Waals surface area contributed by atoms with Gasteiger partial charge < -0.3 is 5.11 Å². The molecule has 0 aromatic heterocycles. The van der Waals surface area contributed by atoms with Gasteiger partial charge in [-0.25, -0.2) is 0 Å². The molecule has 0 aliphatic carbocycles. The van der Waals surface area contributed by atoms with Gasteiger partial charge in [-0.3, -0.25) is 24.6 Å². The number of nitrogens with zero attached hydrogens (tertiary/aromatic N) is 1. The van der Waals surface area contributed by atoms with E-state index in [0.717, 1.165) is 0 Å². The van der Waals surface area contributed by atoms with Gasteiger partial charge in [-0.1, -0.05) is 0 Å². The Morgan fingerprint density at radius 2 is 2.00 bits per heavy atom. The minimum Gasteiger partial charge on any atom is -0.481 e. The van der Waals surface area contributed by atoms with Gasteiger partial charge in [-0.05, 0) is 13.3 Å². The van der Waals surface area contributed by atoms with Gasteiger partial charge >= 0.3 is 5.97 Å². The maximum absolute atomic E-state index is 11.0. The number of carbonyl (C=O) groups excluding carboxylic acids is 2. The number of nitrogens with one attached hydrogen (secondary N) is 1. The van der Waals surface area contributed by atoms with E-state index in [9.17, 15) is 14.4 Å². The summed E-state index contributed by atoms with van der Waals surface area (Å²) in [5.41, 5.74) is 0. The molecule has 1 saturated heterocycles. The fourth-order valence-electron chi connectivity index (χ4n) is 1.49. The van der Waals surface area contributed by atoms with E-state index in [0.29, 0.717) is 6.42 Å². The van der Waals surface area contributed by atoms with Crippen LogP contribution in [0.4, 0.5) is 0 Å². The smallest absolute Gasteiger partial charge is 0.303 e. The van der Waals surface area contributed by atoms with Gasteiger partial charge in [0.25, 0.3) is 0 Å². The molecule has 1 aliphatic heterocycles. The summed E-state index contributed by atoms with van der Waals surface area (Å²) in [4.78, 5) is 34.1. The second kappa shape index (κ2) is 4.88. The molecule has 1 rings (SSSR count). The second-order valence-electron chi connectivity index (χ2n) is 3.66. The third-order valence-corrected chi connectivity index (χ3v) is 2.37. The number of carboxylic acids is 1. The van der Waals surface area contributed by atoms with Crippen molar-refractivity contribution in [2.24, 2.45) is 0 Å². The van der Waals surface area contributed by atoms with Crippen molar-refractivity contribution >= 4 is 17.8 Å². The fourth-order valence-corrected chi connectivity index (χ4v) is 1.49. The molecule has 0 radical (unpaired) electrons. The van der Waals surface area contributed by atoms with Gasteiger partial charge in [0.05, 0.1) is 13.1 Å². The number of carbonyl (C=O) groups is 3. The molecular formula is C9H14N2O4. The van der Waals surface area contributed by atoms with Crippen LogP contribution in [0.5, 0.6) is 0 Å². The number of imide groups is 1. The third-order valence-electron chi connectivity index (χ3n) is 2.37. The first kappa shape index (κ1) is 11.6. The zero-order valence-electron chi connectivity index (χ0n) is 8.52. The first-order valence-electron chi connectivity index (χ1n) is 4.77. The lowest BCUT2D eigenvalue weighted by Crippen LogP contribution is -2.54. The van der Waals surface area contributed by atoms with Gasteiger partial charge in [-0.2, -0.15) is 0 Å². The van der Waals surface area contributed by atoms with Crippen molar-refractivity contribution in [3.8, 4) is 0 Å². The molecule has 0 bridgehead atoms. The van der Waals surface area contributed by atoms with Crippen LogP contribution in [0.15, 0.2) is 0 Å². The van der Waals surface area contributed by atoms with Crippen LogP contribution in [0.25, 0.3) is 0 Å². The van der Waals surface area contributed by atoms with Crippen molar-refractivity contribution in [3.63, 3.8) is 0 Å². The average molecular weight is 214 g/mol. The second-order valence-corrected chi connectivity index (χ2v) is 3.66. The lowest BCUT2D eigenvalue weighted by molar-refractivity contribution is -0.137. The highest BCUT2D eigenvalue weighted by Gasteiger charge is 2.26. The molecule has 1 heterocycles. The Hall–Kier alpha value is -1.43. The SMILES string of the molecule is CC(CCC(=O)O)N1CC(=O)NC(=O)C1. The largest absolute Gasteiger partial charge is 0.481 e. The number of aliphatic carboxylic acids is 1. The van der Waals surface area contributed by atoms with Crippen molar-refractivity contribution in [3.05, 3.63) is 0 Å². The summed E-state index contributed by atoms with van der Waals surface area (Å²) in [6.45, 7) is 2.13. The highest BCUT2D eigenvalue weighted by Crippen LogP contribution is 2.08. The van der Waals surface area contributed by atoms with Gasteiger partial charge in [0.15, 0.2) is 0 Å². The van der Waals surface area contributed by atoms with Crippen LogP contribution < -0.4 is 5.32 Å². The van der Waals surface area contributed by atoms with Crippen LogP contribution in [0, 0.1) is 0 Å². The van der Waals surface area contributed by atoms with Crippen molar-refractivity contribution < 1.29 is 19.5 Å². The Bertz CT molecular complexity index is 274. The summed E-state index contributed by atoms with van der Waals surface area (Å²) in [5.74, 6) is -1.52. The van der Waals surface area contributed by atoms with Crippen LogP contribution in [-0.2, 0) is 14.4 Å². The van der Waals surface area contributed by atoms with Crippen molar-refractivity contribution in [2.75, 3.05) is 13.1 Å². The van der Waals surface area contributed by atoms with E-state index in [1.165, 1.54) is 0 Å². The Labute approximate surface area is 87.2 Å². The van der Waals surface area contributed by atoms with E-state index in [-0.39, 0.29) is 37.4 Å². The number of hydrogen-bond donors (Lipinski definition) is 2. The molecule has 1 fully saturated rings. The molecule has 0 spiro atoms. The summed E-state index contributed by atoms with van der Waals surface area (Å²) < 4.78 is 0. The molecule has 0 saturated carbocycles. The van der Waals surface area contributed by atoms with E-state index < -0.39 is 5.97 Å². The van der Waals surface area contributed by atoms with E-state index >= 15 is 0 Å². The molecule has 1 unspecified atom stereocenters. The molecule has 0 aromatic rings. The van der Waals surface area contributed by atoms with E-state index in [2.05, 4.69) is 5.32 Å². The molecule has 1 aliphatic rings. The summed E-state index contributed by atoms with van der Waals surface area (Å²) >= 11 is 0. The minimum atomic E-state index is -0.866. The number of piperazine rings is 1. The van der Waals surface area contributed by atoms with E-state index in [4.69, 9.17) is 5.11 Å². The van der Waals surface area contributed by atoms with Crippen LogP contribution in [0.1, 0.15) is 19.8 Å². The summed E-state index contributed by atoms with van der Waals surface area (Å²) in [6.07, 6.45) is 0.489. The Kier molecular flexibility index (Phi) is 3.79. The van der Waals surface area contributed by atoms with Crippen molar-refractivity contribution in [1.82, 2.24) is 10.2 Å². The van der Waals surface area contributed by atoms with Gasteiger partial charge in [0, 0.05) is 12.5 Å². The lowest BCUT2D eigenvalue weighted by atomic mass is 10.1. The topological polar surface area (TPSA) is 86.7 Å². The molecule has 1 atom stereocenters. The number of rotatable bonds is 4. The van der Waals surface area contributed by atoms with Gasteiger partial charge in [0.1, 0.15) is 0 Å². The van der Waals surface area contributed by atoms with Crippen LogP contribution in [-0.4, -0.2) is 46.9 Å². The van der Waals surface area contributed by atoms with Crippen molar-refractivity contribution in [1.29, 1.82) is 0 Å². The highest BCUT2D eigenvalue weighted by molar-refractivity contribution is 5.99. The Morgan fingerprint density at radius 1 is 1.47 bits per heavy atom. The Balaban J connectivity index is 2.44. The first-order valence-corrected chi connectivity index (χ1v) is 4.77. The molecule has 15 heavy (non-hydrogen) atoms. The fraction of sp³-hybridized carbons (Fsp3) is 0.667. The van der Waals surface area contributed by atoms with Gasteiger partial charge in [-0.15, -0.1) is 0 Å². The van der Waals surface area contributed by atoms with E-state index in [1.54, 1.807) is 4.90 Å². The summed E-state index contributed by atoms with van der Waals surface area (Å²) in [6, 6.07) is -0.0731. The molecule has 84 valence electrons. The monoisotopic (exact) mass is 214 g/mol. The number of carboxylic acid groups (broad SMARTS) is 1. The molecule has 2 N–H and O–H groups in total. The standard InChI is InChI=1S/C9H14N2O4/c1-6(2-3-9(14)15)11-4-7(12)10-8(13)5-11/h6H,2-5H2,1H3,(H,14,15)(H,10,12,13). The normalized spacial score (nSPS) is 19.8. The van der Waals surface area contributed by atoms with Crippen molar-refractivity contribution in [2.45, 2.75) is 25.8 Å². The molecule has 6 heteroatoms. The predicted molar refractivity (Wildman–Crippen MR) is 51.1 cm³/mol. The zero-order valence-corrected chi connectivity index (χ0v) is 8.52. The van der Waals surface area contributed by atoms with Crippen LogP contribution in [0.2, 0.25) is 0 Å². The third kappa shape index (κ3) is 3.67. The zero-order chi connectivity index (χ0) is 11.4. The van der Waals surface area contributed by atoms with E-state index in [1.807, 2.05) is 6.92 Å². The lowest BCUT2D eigenvalue weighted by Gasteiger charge is -2.30. The molecule has 2 amide bonds. The highest BCUT2D eigenvalue weighted by atomic mass is 16.4. The first-order chi connectivity index (χ1) is 6.99. The van der Waals surface area contributed by atoms with Crippen LogP contribution >= 0.6 is 0 Å².